The normalized spacial score (nSPS) is 12.2. The van der Waals surface area contributed by atoms with Crippen LogP contribution in [0.25, 0.3) is 0 Å². The minimum Gasteiger partial charge on any atom is -0.481 e. The van der Waals surface area contributed by atoms with Crippen molar-refractivity contribution < 1.29 is 9.53 Å². The van der Waals surface area contributed by atoms with Gasteiger partial charge < -0.3 is 10.1 Å². The fourth-order valence-electron chi connectivity index (χ4n) is 3.03. The summed E-state index contributed by atoms with van der Waals surface area (Å²) in [6.07, 6.45) is -0.666. The Hall–Kier alpha value is -2.40. The molecule has 5 heteroatoms. The number of hydrogen-bond donors (Lipinski definition) is 2. The van der Waals surface area contributed by atoms with Crippen molar-refractivity contribution in [2.24, 2.45) is 0 Å². The summed E-state index contributed by atoms with van der Waals surface area (Å²) in [4.78, 5) is 12.4. The molecule has 0 spiro atoms. The molecule has 4 nitrogen and oxygen atoms in total. The van der Waals surface area contributed by atoms with Crippen LogP contribution >= 0.6 is 12.2 Å². The molecule has 150 valence electrons. The molecule has 0 aliphatic rings. The molecule has 2 aromatic carbocycles. The van der Waals surface area contributed by atoms with E-state index in [4.69, 9.17) is 17.0 Å². The first kappa shape index (κ1) is 21.9. The van der Waals surface area contributed by atoms with Crippen LogP contribution in [-0.4, -0.2) is 17.1 Å². The second-order valence-corrected chi connectivity index (χ2v) is 8.66. The number of amides is 1. The molecule has 2 N–H and O–H groups in total. The highest BCUT2D eigenvalue weighted by molar-refractivity contribution is 7.80. The lowest BCUT2D eigenvalue weighted by Gasteiger charge is -2.20. The number of thiocarbonyl (C=S) groups is 1. The van der Waals surface area contributed by atoms with Gasteiger partial charge in [0.05, 0.1) is 0 Å². The van der Waals surface area contributed by atoms with Crippen molar-refractivity contribution in [3.8, 4) is 5.75 Å². The smallest absolute Gasteiger partial charge is 0.266 e. The van der Waals surface area contributed by atoms with E-state index >= 15 is 0 Å². The lowest BCUT2D eigenvalue weighted by Crippen LogP contribution is -2.42. The van der Waals surface area contributed by atoms with E-state index in [0.717, 1.165) is 16.8 Å². The number of hydrogen-bond acceptors (Lipinski definition) is 3. The van der Waals surface area contributed by atoms with Crippen molar-refractivity contribution in [1.29, 1.82) is 0 Å². The van der Waals surface area contributed by atoms with Crippen LogP contribution in [0.1, 0.15) is 49.9 Å². The molecule has 0 bridgehead atoms. The SMILES string of the molecule is Cc1cc(C)c(NC(=S)NC(=O)[C@@H](C)Oc2ccc(C(C)(C)C)cc2)c(C)c1. The maximum Gasteiger partial charge on any atom is 0.266 e. The van der Waals surface area contributed by atoms with E-state index in [0.29, 0.717) is 5.75 Å². The molecule has 0 unspecified atom stereocenters. The van der Waals surface area contributed by atoms with Gasteiger partial charge in [0.25, 0.3) is 5.91 Å². The summed E-state index contributed by atoms with van der Waals surface area (Å²) in [7, 11) is 0. The molecule has 0 aromatic heterocycles. The Kier molecular flexibility index (Phi) is 6.83. The standard InChI is InChI=1S/C23H30N2O2S/c1-14-12-15(2)20(16(3)13-14)24-22(28)25-21(26)17(4)27-19-10-8-18(9-11-19)23(5,6)7/h8-13,17H,1-7H3,(H2,24,25,26,28)/t17-/m1/s1. The number of carbonyl (C=O) groups is 1. The molecule has 0 saturated carbocycles. The second-order valence-electron chi connectivity index (χ2n) is 8.25. The first-order valence-corrected chi connectivity index (χ1v) is 9.85. The van der Waals surface area contributed by atoms with Gasteiger partial charge >= 0.3 is 0 Å². The topological polar surface area (TPSA) is 50.4 Å². The summed E-state index contributed by atoms with van der Waals surface area (Å²) in [5.74, 6) is 0.361. The van der Waals surface area contributed by atoms with E-state index in [1.165, 1.54) is 11.1 Å². The molecular formula is C23H30N2O2S. The van der Waals surface area contributed by atoms with E-state index in [2.05, 4.69) is 50.5 Å². The Morgan fingerprint density at radius 1 is 1.04 bits per heavy atom. The van der Waals surface area contributed by atoms with Gasteiger partial charge in [-0.05, 0) is 74.2 Å². The zero-order valence-electron chi connectivity index (χ0n) is 17.8. The van der Waals surface area contributed by atoms with Crippen LogP contribution in [0, 0.1) is 20.8 Å². The Balaban J connectivity index is 1.96. The van der Waals surface area contributed by atoms with Gasteiger partial charge in [-0.15, -0.1) is 0 Å². The third-order valence-electron chi connectivity index (χ3n) is 4.55. The Morgan fingerprint density at radius 2 is 1.57 bits per heavy atom. The first-order valence-electron chi connectivity index (χ1n) is 9.44. The fourth-order valence-corrected chi connectivity index (χ4v) is 3.23. The summed E-state index contributed by atoms with van der Waals surface area (Å²) < 4.78 is 5.76. The Bertz CT molecular complexity index is 844. The van der Waals surface area contributed by atoms with Gasteiger partial charge in [0.1, 0.15) is 5.75 Å². The van der Waals surface area contributed by atoms with Crippen LogP contribution in [-0.2, 0) is 10.2 Å². The molecule has 0 aliphatic heterocycles. The van der Waals surface area contributed by atoms with Gasteiger partial charge in [-0.25, -0.2) is 0 Å². The van der Waals surface area contributed by atoms with E-state index in [1.807, 2.05) is 38.1 Å². The van der Waals surface area contributed by atoms with Crippen molar-refractivity contribution >= 4 is 28.9 Å². The number of anilines is 1. The van der Waals surface area contributed by atoms with E-state index in [1.54, 1.807) is 6.92 Å². The molecule has 0 saturated heterocycles. The number of ether oxygens (including phenoxy) is 1. The van der Waals surface area contributed by atoms with Crippen molar-refractivity contribution in [3.05, 3.63) is 58.7 Å². The highest BCUT2D eigenvalue weighted by atomic mass is 32.1. The summed E-state index contributed by atoms with van der Waals surface area (Å²) >= 11 is 5.31. The predicted octanol–water partition coefficient (Wildman–Crippen LogP) is 5.19. The molecular weight excluding hydrogens is 368 g/mol. The molecule has 1 atom stereocenters. The molecule has 2 aromatic rings. The van der Waals surface area contributed by atoms with Crippen molar-refractivity contribution in [2.75, 3.05) is 5.32 Å². The number of aryl methyl sites for hydroxylation is 3. The average Bonchev–Trinajstić information content (AvgIpc) is 2.57. The van der Waals surface area contributed by atoms with Crippen LogP contribution in [0.4, 0.5) is 5.69 Å². The van der Waals surface area contributed by atoms with Crippen LogP contribution in [0.2, 0.25) is 0 Å². The molecule has 28 heavy (non-hydrogen) atoms. The maximum atomic E-state index is 12.4. The van der Waals surface area contributed by atoms with Gasteiger partial charge in [0.15, 0.2) is 11.2 Å². The second kappa shape index (κ2) is 8.74. The lowest BCUT2D eigenvalue weighted by atomic mass is 9.87. The van der Waals surface area contributed by atoms with E-state index in [-0.39, 0.29) is 16.4 Å². The molecule has 0 aliphatic carbocycles. The Morgan fingerprint density at radius 3 is 2.07 bits per heavy atom. The highest BCUT2D eigenvalue weighted by Crippen LogP contribution is 2.25. The summed E-state index contributed by atoms with van der Waals surface area (Å²) in [6.45, 7) is 14.3. The van der Waals surface area contributed by atoms with Crippen LogP contribution in [0.15, 0.2) is 36.4 Å². The third-order valence-corrected chi connectivity index (χ3v) is 4.76. The quantitative estimate of drug-likeness (QED) is 0.696. The molecule has 0 radical (unpaired) electrons. The van der Waals surface area contributed by atoms with Crippen molar-refractivity contribution in [1.82, 2.24) is 5.32 Å². The summed E-state index contributed by atoms with van der Waals surface area (Å²) in [5.41, 5.74) is 5.56. The van der Waals surface area contributed by atoms with Crippen molar-refractivity contribution in [3.63, 3.8) is 0 Å². The number of carbonyl (C=O) groups excluding carboxylic acids is 1. The third kappa shape index (κ3) is 5.80. The zero-order chi connectivity index (χ0) is 21.1. The number of nitrogens with one attached hydrogen (secondary N) is 2. The van der Waals surface area contributed by atoms with Gasteiger partial charge in [0, 0.05) is 5.69 Å². The van der Waals surface area contributed by atoms with Crippen LogP contribution in [0.3, 0.4) is 0 Å². The fraction of sp³-hybridized carbons (Fsp3) is 0.391. The molecule has 2 rings (SSSR count). The van der Waals surface area contributed by atoms with Crippen LogP contribution < -0.4 is 15.4 Å². The monoisotopic (exact) mass is 398 g/mol. The molecule has 0 heterocycles. The van der Waals surface area contributed by atoms with Gasteiger partial charge in [-0.1, -0.05) is 50.6 Å². The van der Waals surface area contributed by atoms with Crippen molar-refractivity contribution in [2.45, 2.75) is 60.0 Å². The molecule has 0 fully saturated rings. The Labute approximate surface area is 173 Å². The first-order chi connectivity index (χ1) is 13.0. The lowest BCUT2D eigenvalue weighted by molar-refractivity contribution is -0.125. The largest absolute Gasteiger partial charge is 0.481 e. The summed E-state index contributed by atoms with van der Waals surface area (Å²) in [5, 5.41) is 6.10. The van der Waals surface area contributed by atoms with E-state index < -0.39 is 6.10 Å². The maximum absolute atomic E-state index is 12.4. The van der Waals surface area contributed by atoms with Gasteiger partial charge in [0.2, 0.25) is 0 Å². The number of rotatable bonds is 4. The zero-order valence-corrected chi connectivity index (χ0v) is 18.6. The average molecular weight is 399 g/mol. The number of benzene rings is 2. The van der Waals surface area contributed by atoms with Gasteiger partial charge in [-0.2, -0.15) is 0 Å². The molecule has 1 amide bonds. The highest BCUT2D eigenvalue weighted by Gasteiger charge is 2.18. The predicted molar refractivity (Wildman–Crippen MR) is 120 cm³/mol. The van der Waals surface area contributed by atoms with Gasteiger partial charge in [-0.3, -0.25) is 10.1 Å². The van der Waals surface area contributed by atoms with Crippen LogP contribution in [0.5, 0.6) is 5.75 Å². The minimum absolute atomic E-state index is 0.0750. The van der Waals surface area contributed by atoms with E-state index in [9.17, 15) is 4.79 Å². The summed E-state index contributed by atoms with van der Waals surface area (Å²) in [6, 6.07) is 12.0. The minimum atomic E-state index is -0.666.